The molecule has 3 rings (SSSR count). The molecular weight excluding hydrogens is 474 g/mol. The summed E-state index contributed by atoms with van der Waals surface area (Å²) in [5.41, 5.74) is -2.85. The van der Waals surface area contributed by atoms with Crippen LogP contribution in [0.15, 0.2) is 36.4 Å². The van der Waals surface area contributed by atoms with Gasteiger partial charge in [0.1, 0.15) is 0 Å². The van der Waals surface area contributed by atoms with Crippen LogP contribution in [0.25, 0.3) is 0 Å². The first-order chi connectivity index (χ1) is 16.0. The maximum absolute atomic E-state index is 13.6. The first-order valence-corrected chi connectivity index (χ1v) is 11.0. The molecule has 190 valence electrons. The van der Waals surface area contributed by atoms with Crippen molar-refractivity contribution in [3.63, 3.8) is 0 Å². The molecule has 2 aromatic rings. The summed E-state index contributed by atoms with van der Waals surface area (Å²) in [6, 6.07) is 6.39. The van der Waals surface area contributed by atoms with Crippen molar-refractivity contribution in [1.29, 1.82) is 0 Å². The van der Waals surface area contributed by atoms with E-state index in [0.29, 0.717) is 17.8 Å². The summed E-state index contributed by atoms with van der Waals surface area (Å²) in [5, 5.41) is 2.27. The number of hydrogen-bond acceptors (Lipinski definition) is 2. The third-order valence-corrected chi connectivity index (χ3v) is 6.84. The quantitative estimate of drug-likeness (QED) is 0.481. The van der Waals surface area contributed by atoms with E-state index in [9.17, 15) is 35.9 Å². The molecule has 1 aliphatic heterocycles. The van der Waals surface area contributed by atoms with E-state index in [0.717, 1.165) is 11.1 Å². The average molecular weight is 500 g/mol. The number of anilines is 2. The maximum atomic E-state index is 13.6. The van der Waals surface area contributed by atoms with Crippen LogP contribution in [0.1, 0.15) is 43.0 Å². The van der Waals surface area contributed by atoms with Crippen LogP contribution < -0.4 is 10.2 Å². The number of carbonyl (C=O) groups is 2. The van der Waals surface area contributed by atoms with Gasteiger partial charge in [0.2, 0.25) is 11.8 Å². The van der Waals surface area contributed by atoms with Crippen LogP contribution in [0.2, 0.25) is 0 Å². The second-order valence-corrected chi connectivity index (χ2v) is 9.33. The lowest BCUT2D eigenvalue weighted by Crippen LogP contribution is -2.46. The molecule has 0 unspecified atom stereocenters. The smallest absolute Gasteiger partial charge is 0.325 e. The maximum Gasteiger partial charge on any atom is 0.416 e. The molecule has 1 N–H and O–H groups in total. The standard InChI is InChI=1S/C25H26F6N2O2/c1-13(2)23(12-33(21(34)16(23)5)20-14(3)7-6-8-15(20)4)22(35)32-19-10-17(24(26,27)28)9-18(11-19)25(29,30)31/h6-11,13,16H,12H2,1-5H3,(H,32,35)/t16-,23+/m1/s1. The molecule has 10 heteroatoms. The first kappa shape index (κ1) is 26.6. The number of rotatable bonds is 4. The Bertz CT molecular complexity index is 1100. The molecule has 2 amide bonds. The van der Waals surface area contributed by atoms with Gasteiger partial charge in [-0.05, 0) is 49.1 Å². The van der Waals surface area contributed by atoms with E-state index < -0.39 is 52.3 Å². The molecular formula is C25H26F6N2O2. The molecule has 0 bridgehead atoms. The Balaban J connectivity index is 2.06. The Hall–Kier alpha value is -3.04. The summed E-state index contributed by atoms with van der Waals surface area (Å²) in [6.07, 6.45) is -10.1. The normalized spacial score (nSPS) is 21.1. The van der Waals surface area contributed by atoms with Gasteiger partial charge in [-0.15, -0.1) is 0 Å². The molecule has 2 aromatic carbocycles. The molecule has 1 fully saturated rings. The summed E-state index contributed by atoms with van der Waals surface area (Å²) in [5.74, 6) is -2.47. The topological polar surface area (TPSA) is 49.4 Å². The van der Waals surface area contributed by atoms with Gasteiger partial charge in [0.05, 0.1) is 22.5 Å². The van der Waals surface area contributed by atoms with Gasteiger partial charge in [-0.2, -0.15) is 26.3 Å². The fourth-order valence-electron chi connectivity index (χ4n) is 4.84. The van der Waals surface area contributed by atoms with Crippen molar-refractivity contribution in [2.75, 3.05) is 16.8 Å². The number of carbonyl (C=O) groups excluding carboxylic acids is 2. The number of nitrogens with zero attached hydrogens (tertiary/aromatic N) is 1. The largest absolute Gasteiger partial charge is 0.416 e. The third kappa shape index (κ3) is 4.75. The molecule has 35 heavy (non-hydrogen) atoms. The Morgan fingerprint density at radius 2 is 1.49 bits per heavy atom. The van der Waals surface area contributed by atoms with Crippen LogP contribution in [0.3, 0.4) is 0 Å². The highest BCUT2D eigenvalue weighted by Gasteiger charge is 2.57. The van der Waals surface area contributed by atoms with Gasteiger partial charge >= 0.3 is 12.4 Å². The van der Waals surface area contributed by atoms with Crippen LogP contribution in [-0.2, 0) is 21.9 Å². The average Bonchev–Trinajstić information content (AvgIpc) is 2.99. The van der Waals surface area contributed by atoms with E-state index in [1.807, 2.05) is 32.0 Å². The second-order valence-electron chi connectivity index (χ2n) is 9.33. The predicted octanol–water partition coefficient (Wildman–Crippen LogP) is 6.60. The molecule has 0 aliphatic carbocycles. The molecule has 1 saturated heterocycles. The first-order valence-electron chi connectivity index (χ1n) is 11.0. The van der Waals surface area contributed by atoms with Crippen molar-refractivity contribution in [1.82, 2.24) is 0 Å². The number of benzene rings is 2. The SMILES string of the molecule is Cc1cccc(C)c1N1C[C@](C(=O)Nc2cc(C(F)(F)F)cc(C(F)(F)F)c2)(C(C)C)[C@H](C)C1=O. The Morgan fingerprint density at radius 1 is 1.00 bits per heavy atom. The number of halogens is 6. The van der Waals surface area contributed by atoms with E-state index in [1.54, 1.807) is 20.8 Å². The molecule has 0 spiro atoms. The molecule has 1 heterocycles. The monoisotopic (exact) mass is 500 g/mol. The van der Waals surface area contributed by atoms with Gasteiger partial charge in [0.15, 0.2) is 0 Å². The van der Waals surface area contributed by atoms with Crippen LogP contribution >= 0.6 is 0 Å². The van der Waals surface area contributed by atoms with Crippen molar-refractivity contribution in [2.24, 2.45) is 17.3 Å². The van der Waals surface area contributed by atoms with Gasteiger partial charge < -0.3 is 10.2 Å². The van der Waals surface area contributed by atoms with Crippen molar-refractivity contribution in [3.05, 3.63) is 58.7 Å². The van der Waals surface area contributed by atoms with Gasteiger partial charge in [-0.25, -0.2) is 0 Å². The lowest BCUT2D eigenvalue weighted by molar-refractivity contribution is -0.143. The molecule has 0 aromatic heterocycles. The van der Waals surface area contributed by atoms with Gasteiger partial charge in [0, 0.05) is 17.9 Å². The number of amides is 2. The van der Waals surface area contributed by atoms with Crippen LogP contribution in [0, 0.1) is 31.1 Å². The van der Waals surface area contributed by atoms with E-state index in [2.05, 4.69) is 5.32 Å². The number of aryl methyl sites for hydroxylation is 2. The Morgan fingerprint density at radius 3 is 1.91 bits per heavy atom. The summed E-state index contributed by atoms with van der Waals surface area (Å²) in [4.78, 5) is 28.3. The van der Waals surface area contributed by atoms with E-state index in [1.165, 1.54) is 4.90 Å². The second kappa shape index (κ2) is 8.87. The minimum Gasteiger partial charge on any atom is -0.325 e. The predicted molar refractivity (Wildman–Crippen MR) is 120 cm³/mol. The fourth-order valence-corrected chi connectivity index (χ4v) is 4.84. The minimum atomic E-state index is -5.05. The van der Waals surface area contributed by atoms with Crippen LogP contribution in [0.5, 0.6) is 0 Å². The highest BCUT2D eigenvalue weighted by Crippen LogP contribution is 2.47. The zero-order valence-electron chi connectivity index (χ0n) is 19.9. The number of nitrogens with one attached hydrogen (secondary N) is 1. The van der Waals surface area contributed by atoms with Crippen molar-refractivity contribution in [2.45, 2.75) is 47.0 Å². The Kier molecular flexibility index (Phi) is 6.73. The summed E-state index contributed by atoms with van der Waals surface area (Å²) < 4.78 is 79.6. The number of para-hydroxylation sites is 1. The molecule has 0 saturated carbocycles. The van der Waals surface area contributed by atoms with Gasteiger partial charge in [-0.3, -0.25) is 9.59 Å². The molecule has 0 radical (unpaired) electrons. The van der Waals surface area contributed by atoms with Gasteiger partial charge in [0.25, 0.3) is 0 Å². The fraction of sp³-hybridized carbons (Fsp3) is 0.440. The van der Waals surface area contributed by atoms with Gasteiger partial charge in [-0.1, -0.05) is 39.0 Å². The highest BCUT2D eigenvalue weighted by molar-refractivity contribution is 6.08. The number of hydrogen-bond donors (Lipinski definition) is 1. The summed E-state index contributed by atoms with van der Waals surface area (Å²) >= 11 is 0. The van der Waals surface area contributed by atoms with E-state index in [4.69, 9.17) is 0 Å². The summed E-state index contributed by atoms with van der Waals surface area (Å²) in [6.45, 7) is 8.53. The van der Waals surface area contributed by atoms with Crippen molar-refractivity contribution in [3.8, 4) is 0 Å². The minimum absolute atomic E-state index is 0.00170. The lowest BCUT2D eigenvalue weighted by atomic mass is 9.69. The molecule has 1 aliphatic rings. The zero-order chi connectivity index (χ0) is 26.5. The molecule has 4 nitrogen and oxygen atoms in total. The van der Waals surface area contributed by atoms with Crippen molar-refractivity contribution >= 4 is 23.2 Å². The van der Waals surface area contributed by atoms with E-state index in [-0.39, 0.29) is 18.5 Å². The zero-order valence-corrected chi connectivity index (χ0v) is 19.9. The van der Waals surface area contributed by atoms with Crippen molar-refractivity contribution < 1.29 is 35.9 Å². The van der Waals surface area contributed by atoms with Crippen LogP contribution in [0.4, 0.5) is 37.7 Å². The lowest BCUT2D eigenvalue weighted by Gasteiger charge is -2.35. The number of alkyl halides is 6. The Labute approximate surface area is 199 Å². The van der Waals surface area contributed by atoms with Crippen LogP contribution in [-0.4, -0.2) is 18.4 Å². The highest BCUT2D eigenvalue weighted by atomic mass is 19.4. The van der Waals surface area contributed by atoms with E-state index >= 15 is 0 Å². The third-order valence-electron chi connectivity index (χ3n) is 6.84. The molecule has 2 atom stereocenters. The summed E-state index contributed by atoms with van der Waals surface area (Å²) in [7, 11) is 0.